The fourth-order valence-electron chi connectivity index (χ4n) is 1.86. The zero-order valence-electron chi connectivity index (χ0n) is 11.6. The van der Waals surface area contributed by atoms with Crippen molar-refractivity contribution in [1.82, 2.24) is 0 Å². The molecule has 0 amide bonds. The molecule has 0 atom stereocenters. The van der Waals surface area contributed by atoms with Crippen molar-refractivity contribution < 1.29 is 13.5 Å². The molecular formula is C15H17NO3S2. The van der Waals surface area contributed by atoms with Crippen LogP contribution in [0.2, 0.25) is 0 Å². The van der Waals surface area contributed by atoms with E-state index in [9.17, 15) is 8.42 Å². The molecule has 0 aliphatic heterocycles. The summed E-state index contributed by atoms with van der Waals surface area (Å²) in [6.07, 6.45) is 1.94. The number of sulfonamides is 1. The van der Waals surface area contributed by atoms with Crippen LogP contribution in [-0.2, 0) is 22.4 Å². The van der Waals surface area contributed by atoms with Gasteiger partial charge in [-0.2, -0.15) is 0 Å². The van der Waals surface area contributed by atoms with E-state index < -0.39 is 10.0 Å². The minimum Gasteiger partial charge on any atom is -0.392 e. The molecule has 0 saturated heterocycles. The van der Waals surface area contributed by atoms with Crippen molar-refractivity contribution in [2.24, 2.45) is 0 Å². The number of benzene rings is 2. The van der Waals surface area contributed by atoms with Gasteiger partial charge in [0.2, 0.25) is 10.0 Å². The lowest BCUT2D eigenvalue weighted by Crippen LogP contribution is -2.15. The van der Waals surface area contributed by atoms with Gasteiger partial charge in [-0.25, -0.2) is 8.42 Å². The predicted molar refractivity (Wildman–Crippen MR) is 86.8 cm³/mol. The van der Waals surface area contributed by atoms with E-state index in [1.165, 1.54) is 0 Å². The number of anilines is 1. The third-order valence-corrected chi connectivity index (χ3v) is 4.89. The fourth-order valence-corrected chi connectivity index (χ4v) is 3.51. The number of rotatable bonds is 6. The topological polar surface area (TPSA) is 66.4 Å². The monoisotopic (exact) mass is 323 g/mol. The summed E-state index contributed by atoms with van der Waals surface area (Å²) in [5.74, 6) is -0.0950. The third-order valence-electron chi connectivity index (χ3n) is 2.91. The van der Waals surface area contributed by atoms with Gasteiger partial charge in [-0.05, 0) is 35.6 Å². The Morgan fingerprint density at radius 3 is 2.38 bits per heavy atom. The van der Waals surface area contributed by atoms with Crippen molar-refractivity contribution >= 4 is 27.5 Å². The minimum atomic E-state index is -3.45. The Kier molecular flexibility index (Phi) is 5.27. The van der Waals surface area contributed by atoms with Crippen LogP contribution in [-0.4, -0.2) is 19.8 Å². The van der Waals surface area contributed by atoms with Crippen molar-refractivity contribution in [2.45, 2.75) is 17.3 Å². The second-order valence-electron chi connectivity index (χ2n) is 4.57. The SMILES string of the molecule is CSc1cccc(NS(=O)(=O)Cc2ccc(CO)cc2)c1. The lowest BCUT2D eigenvalue weighted by Gasteiger charge is -2.09. The Bertz CT molecular complexity index is 697. The van der Waals surface area contributed by atoms with E-state index in [0.717, 1.165) is 10.5 Å². The van der Waals surface area contributed by atoms with E-state index in [-0.39, 0.29) is 12.4 Å². The average Bonchev–Trinajstić information content (AvgIpc) is 2.47. The molecule has 4 nitrogen and oxygen atoms in total. The Balaban J connectivity index is 2.10. The minimum absolute atomic E-state index is 0.0489. The molecule has 0 aliphatic carbocycles. The first-order valence-corrected chi connectivity index (χ1v) is 9.23. The van der Waals surface area contributed by atoms with Gasteiger partial charge >= 0.3 is 0 Å². The van der Waals surface area contributed by atoms with Gasteiger partial charge in [-0.1, -0.05) is 30.3 Å². The highest BCUT2D eigenvalue weighted by molar-refractivity contribution is 7.98. The number of aliphatic hydroxyl groups excluding tert-OH is 1. The van der Waals surface area contributed by atoms with Gasteiger partial charge in [0.25, 0.3) is 0 Å². The molecule has 0 spiro atoms. The number of nitrogens with one attached hydrogen (secondary N) is 1. The zero-order valence-corrected chi connectivity index (χ0v) is 13.2. The van der Waals surface area contributed by atoms with Crippen LogP contribution < -0.4 is 4.72 Å². The molecule has 0 bridgehead atoms. The molecule has 2 N–H and O–H groups in total. The van der Waals surface area contributed by atoms with Crippen molar-refractivity contribution in [3.8, 4) is 0 Å². The van der Waals surface area contributed by atoms with E-state index in [2.05, 4.69) is 4.72 Å². The van der Waals surface area contributed by atoms with E-state index in [0.29, 0.717) is 11.3 Å². The first-order chi connectivity index (χ1) is 10.0. The van der Waals surface area contributed by atoms with E-state index >= 15 is 0 Å². The quantitative estimate of drug-likeness (QED) is 0.802. The Morgan fingerprint density at radius 1 is 1.10 bits per heavy atom. The van der Waals surface area contributed by atoms with E-state index in [1.807, 2.05) is 18.4 Å². The van der Waals surface area contributed by atoms with E-state index in [4.69, 9.17) is 5.11 Å². The molecule has 0 aliphatic rings. The first kappa shape index (κ1) is 15.9. The molecule has 0 saturated carbocycles. The summed E-state index contributed by atoms with van der Waals surface area (Å²) in [5.41, 5.74) is 2.01. The van der Waals surface area contributed by atoms with Crippen LogP contribution >= 0.6 is 11.8 Å². The molecule has 0 heterocycles. The Hall–Kier alpha value is -1.50. The largest absolute Gasteiger partial charge is 0.392 e. The summed E-state index contributed by atoms with van der Waals surface area (Å²) in [6.45, 7) is -0.0489. The second-order valence-corrected chi connectivity index (χ2v) is 7.17. The van der Waals surface area contributed by atoms with Gasteiger partial charge in [0, 0.05) is 10.6 Å². The molecule has 6 heteroatoms. The maximum atomic E-state index is 12.2. The lowest BCUT2D eigenvalue weighted by atomic mass is 10.2. The summed E-state index contributed by atoms with van der Waals surface area (Å²) in [4.78, 5) is 1.00. The van der Waals surface area contributed by atoms with Crippen LogP contribution in [0.5, 0.6) is 0 Å². The third kappa shape index (κ3) is 4.77. The highest BCUT2D eigenvalue weighted by atomic mass is 32.2. The lowest BCUT2D eigenvalue weighted by molar-refractivity contribution is 0.282. The summed E-state index contributed by atoms with van der Waals surface area (Å²) in [7, 11) is -3.45. The van der Waals surface area contributed by atoms with Crippen molar-refractivity contribution in [2.75, 3.05) is 11.0 Å². The van der Waals surface area contributed by atoms with Crippen molar-refractivity contribution in [1.29, 1.82) is 0 Å². The molecule has 21 heavy (non-hydrogen) atoms. The molecular weight excluding hydrogens is 306 g/mol. The smallest absolute Gasteiger partial charge is 0.236 e. The van der Waals surface area contributed by atoms with Gasteiger partial charge in [0.05, 0.1) is 12.4 Å². The summed E-state index contributed by atoms with van der Waals surface area (Å²) in [5, 5.41) is 8.97. The van der Waals surface area contributed by atoms with Gasteiger partial charge in [-0.3, -0.25) is 4.72 Å². The van der Waals surface area contributed by atoms with Gasteiger partial charge in [-0.15, -0.1) is 11.8 Å². The standard InChI is InChI=1S/C15H17NO3S2/c1-20-15-4-2-3-14(9-15)16-21(18,19)11-13-7-5-12(10-17)6-8-13/h2-9,16-17H,10-11H2,1H3. The van der Waals surface area contributed by atoms with Crippen LogP contribution in [0.1, 0.15) is 11.1 Å². The van der Waals surface area contributed by atoms with E-state index in [1.54, 1.807) is 48.2 Å². The number of hydrogen-bond donors (Lipinski definition) is 2. The average molecular weight is 323 g/mol. The van der Waals surface area contributed by atoms with Crippen LogP contribution in [0.25, 0.3) is 0 Å². The first-order valence-electron chi connectivity index (χ1n) is 6.35. The maximum absolute atomic E-state index is 12.2. The Morgan fingerprint density at radius 2 is 1.76 bits per heavy atom. The maximum Gasteiger partial charge on any atom is 0.236 e. The summed E-state index contributed by atoms with van der Waals surface area (Å²) in [6, 6.07) is 14.1. The molecule has 2 aromatic carbocycles. The molecule has 0 radical (unpaired) electrons. The van der Waals surface area contributed by atoms with Crippen LogP contribution in [0.3, 0.4) is 0 Å². The molecule has 0 aromatic heterocycles. The highest BCUT2D eigenvalue weighted by Crippen LogP contribution is 2.20. The van der Waals surface area contributed by atoms with Crippen molar-refractivity contribution in [3.63, 3.8) is 0 Å². The summed E-state index contributed by atoms with van der Waals surface area (Å²) >= 11 is 1.56. The normalized spacial score (nSPS) is 11.3. The van der Waals surface area contributed by atoms with Crippen LogP contribution in [0.4, 0.5) is 5.69 Å². The fraction of sp³-hybridized carbons (Fsp3) is 0.200. The number of hydrogen-bond acceptors (Lipinski definition) is 4. The van der Waals surface area contributed by atoms with Crippen LogP contribution in [0, 0.1) is 0 Å². The van der Waals surface area contributed by atoms with Crippen LogP contribution in [0.15, 0.2) is 53.4 Å². The van der Waals surface area contributed by atoms with Gasteiger partial charge in [0.15, 0.2) is 0 Å². The zero-order chi connectivity index (χ0) is 15.3. The molecule has 2 rings (SSSR count). The number of thioether (sulfide) groups is 1. The van der Waals surface area contributed by atoms with Gasteiger partial charge in [0.1, 0.15) is 0 Å². The van der Waals surface area contributed by atoms with Gasteiger partial charge < -0.3 is 5.11 Å². The number of aliphatic hydroxyl groups is 1. The predicted octanol–water partition coefficient (Wildman–Crippen LogP) is 2.84. The molecule has 0 fully saturated rings. The Labute approximate surface area is 129 Å². The van der Waals surface area contributed by atoms with Crippen molar-refractivity contribution in [3.05, 3.63) is 59.7 Å². The highest BCUT2D eigenvalue weighted by Gasteiger charge is 2.12. The molecule has 0 unspecified atom stereocenters. The summed E-state index contributed by atoms with van der Waals surface area (Å²) < 4.78 is 26.9. The molecule has 2 aromatic rings. The second kappa shape index (κ2) is 6.98. The molecule has 112 valence electrons.